The summed E-state index contributed by atoms with van der Waals surface area (Å²) in [7, 11) is 0. The first-order valence-electron chi connectivity index (χ1n) is 6.67. The van der Waals surface area contributed by atoms with Gasteiger partial charge in [0, 0.05) is 5.69 Å². The highest BCUT2D eigenvalue weighted by Gasteiger charge is 2.20. The number of aromatic nitrogens is 1. The van der Waals surface area contributed by atoms with E-state index in [1.807, 2.05) is 12.1 Å². The number of nitrogen functional groups attached to an aromatic ring is 1. The third kappa shape index (κ3) is 2.27. The number of ketones is 1. The average Bonchev–Trinajstić information content (AvgIpc) is 2.94. The van der Waals surface area contributed by atoms with E-state index in [9.17, 15) is 14.7 Å². The number of carbonyl (C=O) groups excluding carboxylic acids is 1. The third-order valence-electron chi connectivity index (χ3n) is 3.52. The standard InChI is InChI=1S/C16H14N2O3S/c1-9(19)13-14(20)16(21)18(12-6-7-22-15(12)13)8-10-2-4-11(17)5-3-10/h2-7,20H,8,17H2,1H3. The van der Waals surface area contributed by atoms with Gasteiger partial charge in [0.2, 0.25) is 0 Å². The first kappa shape index (κ1) is 14.3. The summed E-state index contributed by atoms with van der Waals surface area (Å²) in [6, 6.07) is 8.96. The number of Topliss-reactive ketones (excluding diaryl/α,β-unsaturated/α-hetero) is 1. The van der Waals surface area contributed by atoms with E-state index in [2.05, 4.69) is 0 Å². The number of aromatic hydroxyl groups is 1. The monoisotopic (exact) mass is 314 g/mol. The quantitative estimate of drug-likeness (QED) is 0.575. The Morgan fingerprint density at radius 2 is 1.95 bits per heavy atom. The van der Waals surface area contributed by atoms with Crippen LogP contribution >= 0.6 is 11.3 Å². The lowest BCUT2D eigenvalue weighted by Gasteiger charge is -2.11. The van der Waals surface area contributed by atoms with Crippen LogP contribution in [0.1, 0.15) is 22.8 Å². The molecule has 2 heterocycles. The Hall–Kier alpha value is -2.60. The second-order valence-electron chi connectivity index (χ2n) is 5.05. The average molecular weight is 314 g/mol. The minimum atomic E-state index is -0.562. The maximum absolute atomic E-state index is 12.4. The Kier molecular flexibility index (Phi) is 3.46. The van der Waals surface area contributed by atoms with Gasteiger partial charge in [0.15, 0.2) is 11.5 Å². The van der Waals surface area contributed by atoms with Gasteiger partial charge in [0.1, 0.15) is 0 Å². The van der Waals surface area contributed by atoms with E-state index in [1.54, 1.807) is 23.6 Å². The van der Waals surface area contributed by atoms with Crippen molar-refractivity contribution in [3.05, 3.63) is 57.2 Å². The number of hydrogen-bond acceptors (Lipinski definition) is 5. The summed E-state index contributed by atoms with van der Waals surface area (Å²) in [6.45, 7) is 1.65. The van der Waals surface area contributed by atoms with Crippen molar-refractivity contribution in [2.24, 2.45) is 0 Å². The topological polar surface area (TPSA) is 85.3 Å². The second kappa shape index (κ2) is 5.31. The Balaban J connectivity index is 2.22. The molecule has 3 rings (SSSR count). The fraction of sp³-hybridized carbons (Fsp3) is 0.125. The largest absolute Gasteiger partial charge is 0.502 e. The zero-order valence-electron chi connectivity index (χ0n) is 11.9. The molecule has 22 heavy (non-hydrogen) atoms. The molecule has 1 aromatic carbocycles. The molecule has 5 nitrogen and oxygen atoms in total. The van der Waals surface area contributed by atoms with Crippen molar-refractivity contribution < 1.29 is 9.90 Å². The third-order valence-corrected chi connectivity index (χ3v) is 4.44. The van der Waals surface area contributed by atoms with E-state index >= 15 is 0 Å². The predicted molar refractivity (Wildman–Crippen MR) is 87.7 cm³/mol. The number of fused-ring (bicyclic) bond motifs is 1. The van der Waals surface area contributed by atoms with Crippen LogP contribution in [-0.4, -0.2) is 15.5 Å². The summed E-state index contributed by atoms with van der Waals surface area (Å²) in [4.78, 5) is 24.1. The van der Waals surface area contributed by atoms with Crippen molar-refractivity contribution in [1.29, 1.82) is 0 Å². The van der Waals surface area contributed by atoms with E-state index in [1.165, 1.54) is 22.8 Å². The van der Waals surface area contributed by atoms with Gasteiger partial charge in [-0.05, 0) is 36.1 Å². The van der Waals surface area contributed by atoms with Gasteiger partial charge in [-0.15, -0.1) is 11.3 Å². The second-order valence-corrected chi connectivity index (χ2v) is 5.96. The van der Waals surface area contributed by atoms with Crippen LogP contribution < -0.4 is 11.3 Å². The number of nitrogens with two attached hydrogens (primary N) is 1. The fourth-order valence-electron chi connectivity index (χ4n) is 2.44. The van der Waals surface area contributed by atoms with Crippen LogP contribution in [0.5, 0.6) is 5.75 Å². The zero-order valence-corrected chi connectivity index (χ0v) is 12.7. The minimum absolute atomic E-state index is 0.101. The summed E-state index contributed by atoms with van der Waals surface area (Å²) in [6.07, 6.45) is 0. The van der Waals surface area contributed by atoms with Gasteiger partial charge in [0.25, 0.3) is 5.56 Å². The lowest BCUT2D eigenvalue weighted by atomic mass is 10.1. The summed E-state index contributed by atoms with van der Waals surface area (Å²) in [5.74, 6) is -0.806. The molecular weight excluding hydrogens is 300 g/mol. The molecule has 0 bridgehead atoms. The smallest absolute Gasteiger partial charge is 0.294 e. The molecule has 0 aliphatic carbocycles. The first-order valence-corrected chi connectivity index (χ1v) is 7.55. The Morgan fingerprint density at radius 1 is 1.27 bits per heavy atom. The molecule has 3 aromatic rings. The van der Waals surface area contributed by atoms with Crippen LogP contribution in [0.3, 0.4) is 0 Å². The van der Waals surface area contributed by atoms with Crippen molar-refractivity contribution >= 4 is 33.0 Å². The number of carbonyl (C=O) groups is 1. The van der Waals surface area contributed by atoms with Crippen molar-refractivity contribution in [1.82, 2.24) is 4.57 Å². The van der Waals surface area contributed by atoms with Crippen LogP contribution in [0, 0.1) is 0 Å². The molecule has 0 unspecified atom stereocenters. The highest BCUT2D eigenvalue weighted by molar-refractivity contribution is 7.17. The molecule has 0 aliphatic rings. The molecule has 3 N–H and O–H groups in total. The Morgan fingerprint density at radius 3 is 2.59 bits per heavy atom. The van der Waals surface area contributed by atoms with Gasteiger partial charge < -0.3 is 10.8 Å². The summed E-state index contributed by atoms with van der Waals surface area (Å²) in [5, 5.41) is 11.9. The number of nitrogens with zero attached hydrogens (tertiary/aromatic N) is 1. The lowest BCUT2D eigenvalue weighted by Crippen LogP contribution is -2.22. The lowest BCUT2D eigenvalue weighted by molar-refractivity contribution is 0.101. The van der Waals surface area contributed by atoms with E-state index in [-0.39, 0.29) is 11.3 Å². The maximum atomic E-state index is 12.4. The van der Waals surface area contributed by atoms with E-state index < -0.39 is 11.3 Å². The Labute approximate surface area is 130 Å². The molecule has 0 amide bonds. The van der Waals surface area contributed by atoms with Crippen LogP contribution in [0.2, 0.25) is 0 Å². The fourth-order valence-corrected chi connectivity index (χ4v) is 3.43. The van der Waals surface area contributed by atoms with Gasteiger partial charge in [0.05, 0.1) is 22.3 Å². The number of rotatable bonds is 3. The SMILES string of the molecule is CC(=O)c1c(O)c(=O)n(Cc2ccc(N)cc2)c2ccsc12. The zero-order chi connectivity index (χ0) is 15.9. The van der Waals surface area contributed by atoms with Gasteiger partial charge in [-0.1, -0.05) is 12.1 Å². The van der Waals surface area contributed by atoms with E-state index in [4.69, 9.17) is 5.73 Å². The molecule has 0 fully saturated rings. The van der Waals surface area contributed by atoms with Crippen LogP contribution in [-0.2, 0) is 6.54 Å². The molecule has 6 heteroatoms. The number of anilines is 1. The molecule has 2 aromatic heterocycles. The molecule has 0 saturated carbocycles. The molecule has 0 atom stereocenters. The molecular formula is C16H14N2O3S. The van der Waals surface area contributed by atoms with Crippen molar-refractivity contribution in [3.8, 4) is 5.75 Å². The summed E-state index contributed by atoms with van der Waals surface area (Å²) in [5.41, 5.74) is 7.38. The highest BCUT2D eigenvalue weighted by Crippen LogP contribution is 2.29. The first-order chi connectivity index (χ1) is 10.5. The molecule has 0 radical (unpaired) electrons. The Bertz CT molecular complexity index is 923. The van der Waals surface area contributed by atoms with Gasteiger partial charge in [-0.2, -0.15) is 0 Å². The van der Waals surface area contributed by atoms with Crippen molar-refractivity contribution in [2.75, 3.05) is 5.73 Å². The number of benzene rings is 1. The van der Waals surface area contributed by atoms with Crippen molar-refractivity contribution in [2.45, 2.75) is 13.5 Å². The van der Waals surface area contributed by atoms with Crippen molar-refractivity contribution in [3.63, 3.8) is 0 Å². The van der Waals surface area contributed by atoms with Gasteiger partial charge in [-0.3, -0.25) is 14.2 Å². The van der Waals surface area contributed by atoms with E-state index in [0.717, 1.165) is 5.56 Å². The number of pyridine rings is 1. The molecule has 0 saturated heterocycles. The van der Waals surface area contributed by atoms with Crippen LogP contribution in [0.25, 0.3) is 10.2 Å². The maximum Gasteiger partial charge on any atom is 0.294 e. The van der Waals surface area contributed by atoms with Crippen LogP contribution in [0.15, 0.2) is 40.5 Å². The minimum Gasteiger partial charge on any atom is -0.502 e. The molecule has 112 valence electrons. The predicted octanol–water partition coefficient (Wildman–Crippen LogP) is 2.60. The van der Waals surface area contributed by atoms with Crippen LogP contribution in [0.4, 0.5) is 5.69 Å². The summed E-state index contributed by atoms with van der Waals surface area (Å²) < 4.78 is 2.10. The number of hydrogen-bond donors (Lipinski definition) is 2. The van der Waals surface area contributed by atoms with E-state index in [0.29, 0.717) is 22.4 Å². The van der Waals surface area contributed by atoms with Gasteiger partial charge in [-0.25, -0.2) is 0 Å². The molecule has 0 aliphatic heterocycles. The number of thiophene rings is 1. The molecule has 0 spiro atoms. The highest BCUT2D eigenvalue weighted by atomic mass is 32.1. The normalized spacial score (nSPS) is 11.0. The summed E-state index contributed by atoms with van der Waals surface area (Å²) >= 11 is 1.33. The van der Waals surface area contributed by atoms with Gasteiger partial charge >= 0.3 is 0 Å².